The third-order valence-electron chi connectivity index (χ3n) is 3.30. The van der Waals surface area contributed by atoms with E-state index in [0.717, 1.165) is 16.4 Å². The first-order valence-electron chi connectivity index (χ1n) is 7.57. The number of anilines is 1. The van der Waals surface area contributed by atoms with Crippen molar-refractivity contribution in [3.63, 3.8) is 0 Å². The zero-order valence-electron chi connectivity index (χ0n) is 14.2. The van der Waals surface area contributed by atoms with Gasteiger partial charge in [-0.1, -0.05) is 27.7 Å². The Bertz CT molecular complexity index is 660. The molecule has 0 aromatic carbocycles. The maximum Gasteiger partial charge on any atom is 0.320 e. The van der Waals surface area contributed by atoms with E-state index in [1.807, 2.05) is 25.3 Å². The lowest BCUT2D eigenvalue weighted by Gasteiger charge is -2.16. The van der Waals surface area contributed by atoms with Gasteiger partial charge >= 0.3 is 6.03 Å². The molecule has 0 aliphatic carbocycles. The van der Waals surface area contributed by atoms with Crippen molar-refractivity contribution < 1.29 is 4.79 Å². The van der Waals surface area contributed by atoms with E-state index in [2.05, 4.69) is 46.6 Å². The Balaban J connectivity index is 1.85. The summed E-state index contributed by atoms with van der Waals surface area (Å²) >= 11 is 1.61. The molecule has 2 rings (SSSR count). The highest BCUT2D eigenvalue weighted by Gasteiger charge is 2.16. The number of nitrogens with one attached hydrogen (secondary N) is 2. The van der Waals surface area contributed by atoms with Gasteiger partial charge in [0.15, 0.2) is 5.82 Å². The van der Waals surface area contributed by atoms with Gasteiger partial charge in [0, 0.05) is 29.0 Å². The summed E-state index contributed by atoms with van der Waals surface area (Å²) in [4.78, 5) is 16.4. The predicted molar refractivity (Wildman–Crippen MR) is 93.0 cm³/mol. The maximum atomic E-state index is 11.9. The van der Waals surface area contributed by atoms with Crippen LogP contribution in [0.5, 0.6) is 0 Å². The van der Waals surface area contributed by atoms with Crippen LogP contribution >= 0.6 is 11.3 Å². The van der Waals surface area contributed by atoms with Gasteiger partial charge in [-0.15, -0.1) is 16.4 Å². The number of amides is 2. The number of carbonyl (C=O) groups excluding carboxylic acids is 1. The second-order valence-corrected chi connectivity index (χ2v) is 7.51. The summed E-state index contributed by atoms with van der Waals surface area (Å²) in [5, 5.41) is 16.8. The Kier molecular flexibility index (Phi) is 5.30. The first-order valence-corrected chi connectivity index (χ1v) is 8.45. The normalized spacial score (nSPS) is 12.7. The number of hydrogen-bond donors (Lipinski definition) is 2. The molecule has 0 bridgehead atoms. The van der Waals surface area contributed by atoms with Gasteiger partial charge in [0.2, 0.25) is 0 Å². The predicted octanol–water partition coefficient (Wildman–Crippen LogP) is 3.46. The number of urea groups is 1. The van der Waals surface area contributed by atoms with E-state index < -0.39 is 0 Å². The van der Waals surface area contributed by atoms with Crippen molar-refractivity contribution in [1.29, 1.82) is 0 Å². The lowest BCUT2D eigenvalue weighted by Crippen LogP contribution is -2.32. The Morgan fingerprint density at radius 3 is 2.57 bits per heavy atom. The van der Waals surface area contributed by atoms with E-state index in [9.17, 15) is 4.79 Å². The van der Waals surface area contributed by atoms with Crippen LogP contribution in [0.4, 0.5) is 10.6 Å². The lowest BCUT2D eigenvalue weighted by molar-refractivity contribution is 0.251. The molecular formula is C16H23N5OS. The van der Waals surface area contributed by atoms with Gasteiger partial charge in [0.05, 0.1) is 10.7 Å². The second kappa shape index (κ2) is 7.04. The fraction of sp³-hybridized carbons (Fsp3) is 0.500. The highest BCUT2D eigenvalue weighted by molar-refractivity contribution is 7.09. The second-order valence-electron chi connectivity index (χ2n) is 6.62. The molecule has 0 radical (unpaired) electrons. The van der Waals surface area contributed by atoms with Crippen LogP contribution in [0.3, 0.4) is 0 Å². The van der Waals surface area contributed by atoms with E-state index in [4.69, 9.17) is 0 Å². The molecule has 1 unspecified atom stereocenters. The van der Waals surface area contributed by atoms with E-state index in [-0.39, 0.29) is 17.4 Å². The number of hydrogen-bond acceptors (Lipinski definition) is 5. The summed E-state index contributed by atoms with van der Waals surface area (Å²) in [6.45, 7) is 10.7. The Morgan fingerprint density at radius 1 is 1.30 bits per heavy atom. The minimum Gasteiger partial charge on any atom is -0.337 e. The fourth-order valence-corrected chi connectivity index (χ4v) is 2.75. The van der Waals surface area contributed by atoms with Crippen LogP contribution in [0.25, 0.3) is 0 Å². The molecule has 2 aromatic heterocycles. The minimum absolute atomic E-state index is 0.0605. The van der Waals surface area contributed by atoms with Gasteiger partial charge in [0.1, 0.15) is 0 Å². The lowest BCUT2D eigenvalue weighted by atomic mass is 9.92. The standard InChI is InChI=1S/C16H23N5OS/c1-10(14-18-11(2)9-23-14)8-17-15(22)19-13-7-6-12(20-21-13)16(3,4)5/h6-7,9-10H,8H2,1-5H3,(H2,17,19,21,22). The van der Waals surface area contributed by atoms with Crippen molar-refractivity contribution in [1.82, 2.24) is 20.5 Å². The summed E-state index contributed by atoms with van der Waals surface area (Å²) in [5.41, 5.74) is 1.83. The van der Waals surface area contributed by atoms with Crippen LogP contribution in [0.1, 0.15) is 50.0 Å². The van der Waals surface area contributed by atoms with Crippen LogP contribution in [0, 0.1) is 6.92 Å². The number of aryl methyl sites for hydroxylation is 1. The van der Waals surface area contributed by atoms with Crippen molar-refractivity contribution >= 4 is 23.2 Å². The number of nitrogens with zero attached hydrogens (tertiary/aromatic N) is 3. The van der Waals surface area contributed by atoms with E-state index in [0.29, 0.717) is 12.4 Å². The Hall–Kier alpha value is -2.02. The summed E-state index contributed by atoms with van der Waals surface area (Å²) in [6.07, 6.45) is 0. The molecule has 0 spiro atoms. The molecule has 1 atom stereocenters. The molecule has 2 heterocycles. The average molecular weight is 333 g/mol. The number of thiazole rings is 1. The smallest absolute Gasteiger partial charge is 0.320 e. The van der Waals surface area contributed by atoms with Crippen LogP contribution in [-0.2, 0) is 5.41 Å². The van der Waals surface area contributed by atoms with Crippen molar-refractivity contribution in [3.05, 3.63) is 33.9 Å². The molecule has 23 heavy (non-hydrogen) atoms. The molecule has 0 aliphatic rings. The van der Waals surface area contributed by atoms with Crippen LogP contribution < -0.4 is 10.6 Å². The summed E-state index contributed by atoms with van der Waals surface area (Å²) in [6, 6.07) is 3.35. The molecular weight excluding hydrogens is 310 g/mol. The third-order valence-corrected chi connectivity index (χ3v) is 4.50. The fourth-order valence-electron chi connectivity index (χ4n) is 1.89. The molecule has 0 aliphatic heterocycles. The highest BCUT2D eigenvalue weighted by atomic mass is 32.1. The molecule has 2 aromatic rings. The molecule has 0 fully saturated rings. The van der Waals surface area contributed by atoms with Crippen molar-refractivity contribution in [3.8, 4) is 0 Å². The monoisotopic (exact) mass is 333 g/mol. The molecule has 6 nitrogen and oxygen atoms in total. The van der Waals surface area contributed by atoms with Crippen LogP contribution in [-0.4, -0.2) is 27.8 Å². The quantitative estimate of drug-likeness (QED) is 0.898. The van der Waals surface area contributed by atoms with Gasteiger partial charge in [0.25, 0.3) is 0 Å². The maximum absolute atomic E-state index is 11.9. The number of carbonyl (C=O) groups is 1. The van der Waals surface area contributed by atoms with Crippen molar-refractivity contribution in [2.45, 2.75) is 46.0 Å². The molecule has 2 N–H and O–H groups in total. The van der Waals surface area contributed by atoms with Gasteiger partial charge in [-0.3, -0.25) is 5.32 Å². The van der Waals surface area contributed by atoms with E-state index in [1.165, 1.54) is 0 Å². The van der Waals surface area contributed by atoms with Crippen molar-refractivity contribution in [2.24, 2.45) is 0 Å². The summed E-state index contributed by atoms with van der Waals surface area (Å²) in [7, 11) is 0. The number of aromatic nitrogens is 3. The van der Waals surface area contributed by atoms with Gasteiger partial charge < -0.3 is 5.32 Å². The highest BCUT2D eigenvalue weighted by Crippen LogP contribution is 2.20. The largest absolute Gasteiger partial charge is 0.337 e. The van der Waals surface area contributed by atoms with Gasteiger partial charge in [-0.25, -0.2) is 9.78 Å². The summed E-state index contributed by atoms with van der Waals surface area (Å²) in [5.74, 6) is 0.613. The molecule has 2 amide bonds. The van der Waals surface area contributed by atoms with Crippen LogP contribution in [0.2, 0.25) is 0 Å². The third kappa shape index (κ3) is 4.99. The molecule has 0 saturated carbocycles. The first kappa shape index (κ1) is 17.3. The minimum atomic E-state index is -0.289. The molecule has 7 heteroatoms. The summed E-state index contributed by atoms with van der Waals surface area (Å²) < 4.78 is 0. The van der Waals surface area contributed by atoms with E-state index in [1.54, 1.807) is 17.4 Å². The topological polar surface area (TPSA) is 79.8 Å². The SMILES string of the molecule is Cc1csc(C(C)CNC(=O)Nc2ccc(C(C)(C)C)nn2)n1. The van der Waals surface area contributed by atoms with E-state index >= 15 is 0 Å². The molecule has 0 saturated heterocycles. The number of rotatable bonds is 4. The zero-order chi connectivity index (χ0) is 17.0. The van der Waals surface area contributed by atoms with Crippen LogP contribution in [0.15, 0.2) is 17.5 Å². The zero-order valence-corrected chi connectivity index (χ0v) is 15.0. The Labute approximate surface area is 140 Å². The molecule has 124 valence electrons. The van der Waals surface area contributed by atoms with Gasteiger partial charge in [-0.05, 0) is 19.1 Å². The van der Waals surface area contributed by atoms with Crippen molar-refractivity contribution in [2.75, 3.05) is 11.9 Å². The van der Waals surface area contributed by atoms with Gasteiger partial charge in [-0.2, -0.15) is 5.10 Å². The first-order chi connectivity index (χ1) is 10.8. The Morgan fingerprint density at radius 2 is 2.04 bits per heavy atom. The average Bonchev–Trinajstić information content (AvgIpc) is 2.91.